The van der Waals surface area contributed by atoms with Crippen LogP contribution >= 0.6 is 0 Å². The van der Waals surface area contributed by atoms with Gasteiger partial charge in [0.2, 0.25) is 0 Å². The van der Waals surface area contributed by atoms with Crippen molar-refractivity contribution in [2.75, 3.05) is 18.2 Å². The van der Waals surface area contributed by atoms with Crippen LogP contribution in [0.4, 0.5) is 11.4 Å². The fourth-order valence-corrected chi connectivity index (χ4v) is 3.79. The molecule has 0 atom stereocenters. The summed E-state index contributed by atoms with van der Waals surface area (Å²) < 4.78 is 28.3. The van der Waals surface area contributed by atoms with Gasteiger partial charge < -0.3 is 10.1 Å². The molecule has 3 rings (SSSR count). The summed E-state index contributed by atoms with van der Waals surface area (Å²) in [6.07, 6.45) is 0.824. The molecule has 0 aliphatic heterocycles. The number of para-hydroxylation sites is 1. The largest absolute Gasteiger partial charge is 0.452 e. The number of sulfone groups is 1. The Morgan fingerprint density at radius 2 is 1.66 bits per heavy atom. The maximum absolute atomic E-state index is 12.3. The molecule has 0 saturated carbocycles. The second-order valence-electron chi connectivity index (χ2n) is 6.75. The van der Waals surface area contributed by atoms with Gasteiger partial charge in [-0.25, -0.2) is 13.2 Å². The number of benzene rings is 3. The van der Waals surface area contributed by atoms with Crippen molar-refractivity contribution in [1.82, 2.24) is 0 Å². The lowest BCUT2D eigenvalue weighted by atomic mass is 10.0. The van der Waals surface area contributed by atoms with Crippen molar-refractivity contribution < 1.29 is 27.7 Å². The second-order valence-corrected chi connectivity index (χ2v) is 8.73. The molecule has 3 aromatic carbocycles. The molecule has 0 heterocycles. The summed E-state index contributed by atoms with van der Waals surface area (Å²) >= 11 is 0. The third-order valence-electron chi connectivity index (χ3n) is 4.41. The molecule has 0 aliphatic rings. The number of nitro benzene ring substituents is 1. The maximum atomic E-state index is 12.3. The van der Waals surface area contributed by atoms with Crippen molar-refractivity contribution >= 4 is 33.1 Å². The van der Waals surface area contributed by atoms with Gasteiger partial charge in [-0.05, 0) is 23.8 Å². The number of carbonyl (C=O) groups excluding carboxylic acids is 2. The lowest BCUT2D eigenvalue weighted by molar-refractivity contribution is -0.387. The SMILES string of the molecule is CS(=O)(=O)c1ccc(C(=O)OCC(=O)Nc2ccccc2-c2ccccc2)cc1[N+](=O)[O-]. The summed E-state index contributed by atoms with van der Waals surface area (Å²) in [5, 5.41) is 13.9. The van der Waals surface area contributed by atoms with Crippen LogP contribution in [0, 0.1) is 10.1 Å². The van der Waals surface area contributed by atoms with Crippen LogP contribution in [0.5, 0.6) is 0 Å². The Hall–Kier alpha value is -4.05. The van der Waals surface area contributed by atoms with E-state index >= 15 is 0 Å². The summed E-state index contributed by atoms with van der Waals surface area (Å²) in [7, 11) is -3.87. The summed E-state index contributed by atoms with van der Waals surface area (Å²) in [5.41, 5.74) is 1.19. The van der Waals surface area contributed by atoms with Crippen molar-refractivity contribution in [1.29, 1.82) is 0 Å². The number of esters is 1. The van der Waals surface area contributed by atoms with Crippen LogP contribution in [0.2, 0.25) is 0 Å². The number of nitro groups is 1. The predicted molar refractivity (Wildman–Crippen MR) is 117 cm³/mol. The number of nitrogens with one attached hydrogen (secondary N) is 1. The van der Waals surface area contributed by atoms with Crippen LogP contribution in [0.25, 0.3) is 11.1 Å². The fourth-order valence-electron chi connectivity index (χ4n) is 2.96. The highest BCUT2D eigenvalue weighted by Crippen LogP contribution is 2.28. The number of anilines is 1. The molecule has 10 heteroatoms. The first kappa shape index (κ1) is 22.6. The van der Waals surface area contributed by atoms with E-state index in [1.807, 2.05) is 42.5 Å². The van der Waals surface area contributed by atoms with Gasteiger partial charge >= 0.3 is 5.97 Å². The number of carbonyl (C=O) groups is 2. The molecule has 3 aromatic rings. The van der Waals surface area contributed by atoms with Crippen LogP contribution in [-0.2, 0) is 19.4 Å². The maximum Gasteiger partial charge on any atom is 0.338 e. The third-order valence-corrected chi connectivity index (χ3v) is 5.56. The Morgan fingerprint density at radius 1 is 1.00 bits per heavy atom. The minimum Gasteiger partial charge on any atom is -0.452 e. The molecule has 0 aromatic heterocycles. The Kier molecular flexibility index (Phi) is 6.64. The summed E-state index contributed by atoms with van der Waals surface area (Å²) in [4.78, 5) is 34.3. The highest BCUT2D eigenvalue weighted by atomic mass is 32.2. The summed E-state index contributed by atoms with van der Waals surface area (Å²) in [6.45, 7) is -0.635. The molecular weight excluding hydrogens is 436 g/mol. The van der Waals surface area contributed by atoms with Gasteiger partial charge in [-0.2, -0.15) is 0 Å². The lowest BCUT2D eigenvalue weighted by Gasteiger charge is -2.11. The normalized spacial score (nSPS) is 10.9. The van der Waals surface area contributed by atoms with E-state index in [-0.39, 0.29) is 5.56 Å². The van der Waals surface area contributed by atoms with Crippen molar-refractivity contribution in [3.63, 3.8) is 0 Å². The zero-order chi connectivity index (χ0) is 23.3. The molecular formula is C22H18N2O7S. The Bertz CT molecular complexity index is 1290. The molecule has 0 aliphatic carbocycles. The number of hydrogen-bond acceptors (Lipinski definition) is 7. The molecule has 1 N–H and O–H groups in total. The van der Waals surface area contributed by atoms with Crippen molar-refractivity contribution in [3.05, 3.63) is 88.5 Å². The molecule has 9 nitrogen and oxygen atoms in total. The minimum atomic E-state index is -3.87. The number of nitrogens with zero attached hydrogens (tertiary/aromatic N) is 1. The van der Waals surface area contributed by atoms with Crippen LogP contribution < -0.4 is 5.32 Å². The van der Waals surface area contributed by atoms with Gasteiger partial charge in [0.25, 0.3) is 11.6 Å². The number of amides is 1. The Morgan fingerprint density at radius 3 is 2.31 bits per heavy atom. The minimum absolute atomic E-state index is 0.249. The highest BCUT2D eigenvalue weighted by Gasteiger charge is 2.24. The van der Waals surface area contributed by atoms with E-state index in [2.05, 4.69) is 5.32 Å². The summed E-state index contributed by atoms with van der Waals surface area (Å²) in [5.74, 6) is -1.61. The van der Waals surface area contributed by atoms with Gasteiger partial charge in [0.15, 0.2) is 16.4 Å². The van der Waals surface area contributed by atoms with Crippen LogP contribution in [0.3, 0.4) is 0 Å². The van der Waals surface area contributed by atoms with E-state index in [1.165, 1.54) is 0 Å². The zero-order valence-electron chi connectivity index (χ0n) is 16.8. The van der Waals surface area contributed by atoms with Gasteiger partial charge in [-0.1, -0.05) is 48.5 Å². The number of ether oxygens (including phenoxy) is 1. The quantitative estimate of drug-likeness (QED) is 0.328. The van der Waals surface area contributed by atoms with Gasteiger partial charge in [-0.3, -0.25) is 14.9 Å². The first-order valence-electron chi connectivity index (χ1n) is 9.27. The average Bonchev–Trinajstić information content (AvgIpc) is 2.77. The second kappa shape index (κ2) is 9.40. The molecule has 32 heavy (non-hydrogen) atoms. The van der Waals surface area contributed by atoms with Gasteiger partial charge in [0.1, 0.15) is 4.90 Å². The molecule has 0 spiro atoms. The third kappa shape index (κ3) is 5.35. The van der Waals surface area contributed by atoms with E-state index in [9.17, 15) is 28.1 Å². The van der Waals surface area contributed by atoms with E-state index in [1.54, 1.807) is 12.1 Å². The molecule has 0 unspecified atom stereocenters. The van der Waals surface area contributed by atoms with E-state index in [4.69, 9.17) is 4.74 Å². The van der Waals surface area contributed by atoms with Crippen LogP contribution in [-0.4, -0.2) is 38.1 Å². The van der Waals surface area contributed by atoms with Crippen LogP contribution in [0.15, 0.2) is 77.7 Å². The molecule has 0 radical (unpaired) electrons. The molecule has 164 valence electrons. The lowest BCUT2D eigenvalue weighted by Crippen LogP contribution is -2.21. The van der Waals surface area contributed by atoms with E-state index in [0.717, 1.165) is 35.6 Å². The van der Waals surface area contributed by atoms with Crippen molar-refractivity contribution in [3.8, 4) is 11.1 Å². The van der Waals surface area contributed by atoms with E-state index < -0.39 is 43.8 Å². The molecule has 0 saturated heterocycles. The van der Waals surface area contributed by atoms with Crippen LogP contribution in [0.1, 0.15) is 10.4 Å². The monoisotopic (exact) mass is 454 g/mol. The predicted octanol–water partition coefficient (Wildman–Crippen LogP) is 3.46. The Labute approximate surface area is 183 Å². The topological polar surface area (TPSA) is 133 Å². The first-order chi connectivity index (χ1) is 15.2. The highest BCUT2D eigenvalue weighted by molar-refractivity contribution is 7.90. The standard InChI is InChI=1S/C22H18N2O7S/c1-32(29,30)20-12-11-16(13-19(20)24(27)28)22(26)31-14-21(25)23-18-10-6-5-9-17(18)15-7-3-2-4-8-15/h2-13H,14H2,1H3,(H,23,25). The van der Waals surface area contributed by atoms with Crippen molar-refractivity contribution in [2.45, 2.75) is 4.90 Å². The Balaban J connectivity index is 1.71. The molecule has 0 bridgehead atoms. The summed E-state index contributed by atoms with van der Waals surface area (Å²) in [6, 6.07) is 19.3. The van der Waals surface area contributed by atoms with E-state index in [0.29, 0.717) is 5.69 Å². The molecule has 1 amide bonds. The van der Waals surface area contributed by atoms with Crippen molar-refractivity contribution in [2.24, 2.45) is 0 Å². The van der Waals surface area contributed by atoms with Gasteiger partial charge in [0.05, 0.1) is 10.5 Å². The first-order valence-corrected chi connectivity index (χ1v) is 11.2. The average molecular weight is 454 g/mol. The fraction of sp³-hybridized carbons (Fsp3) is 0.0909. The number of rotatable bonds is 7. The molecule has 0 fully saturated rings. The number of hydrogen-bond donors (Lipinski definition) is 1. The van der Waals surface area contributed by atoms with Gasteiger partial charge in [-0.15, -0.1) is 0 Å². The zero-order valence-corrected chi connectivity index (χ0v) is 17.7. The van der Waals surface area contributed by atoms with Gasteiger partial charge in [0, 0.05) is 23.6 Å². The smallest absolute Gasteiger partial charge is 0.338 e.